The minimum absolute atomic E-state index is 0.0609. The maximum atomic E-state index is 13.4. The molecular formula is C15H23FN2O2S. The molecule has 1 saturated heterocycles. The Bertz CT molecular complexity index is 595. The van der Waals surface area contributed by atoms with Crippen LogP contribution in [-0.2, 0) is 10.0 Å². The van der Waals surface area contributed by atoms with E-state index in [9.17, 15) is 12.8 Å². The van der Waals surface area contributed by atoms with E-state index in [1.807, 2.05) is 0 Å². The molecule has 0 amide bonds. The van der Waals surface area contributed by atoms with Gasteiger partial charge in [-0.2, -0.15) is 4.31 Å². The van der Waals surface area contributed by atoms with Gasteiger partial charge in [0.2, 0.25) is 10.0 Å². The molecule has 0 saturated carbocycles. The molecule has 1 aliphatic rings. The predicted molar refractivity (Wildman–Crippen MR) is 81.8 cm³/mol. The van der Waals surface area contributed by atoms with Crippen molar-refractivity contribution in [1.82, 2.24) is 4.31 Å². The monoisotopic (exact) mass is 314 g/mol. The van der Waals surface area contributed by atoms with E-state index >= 15 is 0 Å². The Kier molecular flexibility index (Phi) is 4.31. The lowest BCUT2D eigenvalue weighted by atomic mass is 9.76. The van der Waals surface area contributed by atoms with Crippen LogP contribution in [0.2, 0.25) is 0 Å². The van der Waals surface area contributed by atoms with Gasteiger partial charge in [-0.3, -0.25) is 0 Å². The highest BCUT2D eigenvalue weighted by Crippen LogP contribution is 2.35. The van der Waals surface area contributed by atoms with Gasteiger partial charge in [-0.05, 0) is 42.4 Å². The maximum Gasteiger partial charge on any atom is 0.243 e. The van der Waals surface area contributed by atoms with Gasteiger partial charge in [-0.1, -0.05) is 20.8 Å². The second-order valence-electron chi connectivity index (χ2n) is 6.76. The lowest BCUT2D eigenvalue weighted by molar-refractivity contribution is 0.154. The van der Waals surface area contributed by atoms with Crippen molar-refractivity contribution in [3.8, 4) is 0 Å². The van der Waals surface area contributed by atoms with Crippen molar-refractivity contribution in [2.75, 3.05) is 18.8 Å². The lowest BCUT2D eigenvalue weighted by Crippen LogP contribution is -2.41. The van der Waals surface area contributed by atoms with Crippen LogP contribution in [0.1, 0.15) is 33.6 Å². The number of benzene rings is 1. The van der Waals surface area contributed by atoms with Crippen LogP contribution >= 0.6 is 0 Å². The molecule has 2 N–H and O–H groups in total. The molecule has 1 aromatic rings. The standard InChI is InChI=1S/C15H23FN2O2S/c1-15(2,3)11-4-6-18(7-5-11)21(19,20)14-9-12(16)8-13(17)10-14/h8-11H,4-7,17H2,1-3H3. The van der Waals surface area contributed by atoms with E-state index in [1.54, 1.807) is 0 Å². The summed E-state index contributed by atoms with van der Waals surface area (Å²) in [6, 6.07) is 3.46. The molecule has 2 rings (SSSR count). The first-order valence-electron chi connectivity index (χ1n) is 7.17. The maximum absolute atomic E-state index is 13.4. The summed E-state index contributed by atoms with van der Waals surface area (Å²) >= 11 is 0. The van der Waals surface area contributed by atoms with Crippen molar-refractivity contribution in [1.29, 1.82) is 0 Å². The summed E-state index contributed by atoms with van der Waals surface area (Å²) in [4.78, 5) is -0.0609. The third kappa shape index (κ3) is 3.55. The highest BCUT2D eigenvalue weighted by Gasteiger charge is 2.34. The second-order valence-corrected chi connectivity index (χ2v) is 8.70. The molecule has 0 unspecified atom stereocenters. The summed E-state index contributed by atoms with van der Waals surface area (Å²) in [5.74, 6) is -0.125. The van der Waals surface area contributed by atoms with Crippen LogP contribution in [0.15, 0.2) is 23.1 Å². The minimum atomic E-state index is -3.66. The van der Waals surface area contributed by atoms with Gasteiger partial charge in [0.25, 0.3) is 0 Å². The number of hydrogen-bond acceptors (Lipinski definition) is 3. The molecule has 1 aromatic carbocycles. The van der Waals surface area contributed by atoms with E-state index in [1.165, 1.54) is 10.4 Å². The number of nitrogens with two attached hydrogens (primary N) is 1. The largest absolute Gasteiger partial charge is 0.399 e. The van der Waals surface area contributed by atoms with E-state index < -0.39 is 15.8 Å². The predicted octanol–water partition coefficient (Wildman–Crippen LogP) is 2.85. The van der Waals surface area contributed by atoms with Gasteiger partial charge < -0.3 is 5.73 Å². The number of rotatable bonds is 2. The highest BCUT2D eigenvalue weighted by atomic mass is 32.2. The molecule has 1 aliphatic heterocycles. The minimum Gasteiger partial charge on any atom is -0.399 e. The molecule has 0 atom stereocenters. The number of anilines is 1. The molecule has 118 valence electrons. The van der Waals surface area contributed by atoms with Gasteiger partial charge >= 0.3 is 0 Å². The molecule has 1 heterocycles. The summed E-state index contributed by atoms with van der Waals surface area (Å²) < 4.78 is 39.9. The number of nitrogens with zero attached hydrogens (tertiary/aromatic N) is 1. The molecule has 0 spiro atoms. The Hall–Kier alpha value is -1.14. The van der Waals surface area contributed by atoms with Gasteiger partial charge in [0.1, 0.15) is 5.82 Å². The molecule has 0 bridgehead atoms. The zero-order chi connectivity index (χ0) is 15.8. The zero-order valence-corrected chi connectivity index (χ0v) is 13.6. The molecule has 21 heavy (non-hydrogen) atoms. The quantitative estimate of drug-likeness (QED) is 0.854. The average Bonchev–Trinajstić information content (AvgIpc) is 2.36. The van der Waals surface area contributed by atoms with Crippen LogP contribution in [0, 0.1) is 17.2 Å². The molecular weight excluding hydrogens is 291 g/mol. The molecule has 0 radical (unpaired) electrons. The number of hydrogen-bond donors (Lipinski definition) is 1. The van der Waals surface area contributed by atoms with E-state index in [0.717, 1.165) is 25.0 Å². The smallest absolute Gasteiger partial charge is 0.243 e. The average molecular weight is 314 g/mol. The number of halogens is 1. The highest BCUT2D eigenvalue weighted by molar-refractivity contribution is 7.89. The topological polar surface area (TPSA) is 63.4 Å². The summed E-state index contributed by atoms with van der Waals surface area (Å²) in [5, 5.41) is 0. The van der Waals surface area contributed by atoms with Crippen molar-refractivity contribution < 1.29 is 12.8 Å². The third-order valence-corrected chi connectivity index (χ3v) is 6.09. The van der Waals surface area contributed by atoms with Gasteiger partial charge in [-0.25, -0.2) is 12.8 Å². The third-order valence-electron chi connectivity index (χ3n) is 4.21. The van der Waals surface area contributed by atoms with Crippen molar-refractivity contribution in [3.05, 3.63) is 24.0 Å². The normalized spacial score (nSPS) is 18.9. The van der Waals surface area contributed by atoms with Gasteiger partial charge in [-0.15, -0.1) is 0 Å². The van der Waals surface area contributed by atoms with E-state index in [-0.39, 0.29) is 16.0 Å². The fourth-order valence-corrected chi connectivity index (χ4v) is 4.38. The van der Waals surface area contributed by atoms with Crippen molar-refractivity contribution >= 4 is 15.7 Å². The van der Waals surface area contributed by atoms with Crippen molar-refractivity contribution in [2.24, 2.45) is 11.3 Å². The zero-order valence-electron chi connectivity index (χ0n) is 12.8. The molecule has 4 nitrogen and oxygen atoms in total. The first-order valence-corrected chi connectivity index (χ1v) is 8.61. The fraction of sp³-hybridized carbons (Fsp3) is 0.600. The Labute approximate surface area is 126 Å². The summed E-state index contributed by atoms with van der Waals surface area (Å²) in [6.45, 7) is 7.47. The van der Waals surface area contributed by atoms with E-state index in [2.05, 4.69) is 20.8 Å². The number of sulfonamides is 1. The molecule has 6 heteroatoms. The SMILES string of the molecule is CC(C)(C)C1CCN(S(=O)(=O)c2cc(N)cc(F)c2)CC1. The lowest BCUT2D eigenvalue weighted by Gasteiger charge is -2.38. The molecule has 0 aromatic heterocycles. The number of piperidine rings is 1. The van der Waals surface area contributed by atoms with Crippen LogP contribution in [0.25, 0.3) is 0 Å². The van der Waals surface area contributed by atoms with Gasteiger partial charge in [0, 0.05) is 18.8 Å². The Balaban J connectivity index is 2.19. The van der Waals surface area contributed by atoms with Crippen molar-refractivity contribution in [2.45, 2.75) is 38.5 Å². The molecule has 1 fully saturated rings. The fourth-order valence-electron chi connectivity index (χ4n) is 2.84. The summed E-state index contributed by atoms with van der Waals surface area (Å²) in [7, 11) is -3.66. The Morgan fingerprint density at radius 1 is 1.19 bits per heavy atom. The van der Waals surface area contributed by atoms with Gasteiger partial charge in [0.15, 0.2) is 0 Å². The Morgan fingerprint density at radius 3 is 2.24 bits per heavy atom. The van der Waals surface area contributed by atoms with Crippen LogP contribution in [-0.4, -0.2) is 25.8 Å². The van der Waals surface area contributed by atoms with Gasteiger partial charge in [0.05, 0.1) is 4.90 Å². The van der Waals surface area contributed by atoms with Crippen LogP contribution in [0.3, 0.4) is 0 Å². The van der Waals surface area contributed by atoms with Crippen LogP contribution in [0.4, 0.5) is 10.1 Å². The Morgan fingerprint density at radius 2 is 1.76 bits per heavy atom. The van der Waals surface area contributed by atoms with Crippen LogP contribution in [0.5, 0.6) is 0 Å². The molecule has 0 aliphatic carbocycles. The summed E-state index contributed by atoms with van der Waals surface area (Å²) in [6.07, 6.45) is 1.65. The van der Waals surface area contributed by atoms with Crippen molar-refractivity contribution in [3.63, 3.8) is 0 Å². The van der Waals surface area contributed by atoms with Crippen LogP contribution < -0.4 is 5.73 Å². The second kappa shape index (κ2) is 5.57. The van der Waals surface area contributed by atoms with E-state index in [4.69, 9.17) is 5.73 Å². The van der Waals surface area contributed by atoms with E-state index in [0.29, 0.717) is 19.0 Å². The summed E-state index contributed by atoms with van der Waals surface area (Å²) in [5.41, 5.74) is 5.84. The number of nitrogen functional groups attached to an aromatic ring is 1. The first-order chi connectivity index (χ1) is 9.60. The first kappa shape index (κ1) is 16.2.